The van der Waals surface area contributed by atoms with Crippen LogP contribution < -0.4 is 5.32 Å². The molecule has 0 unspecified atom stereocenters. The molecule has 1 heterocycles. The molecule has 3 aliphatic carbocycles. The lowest BCUT2D eigenvalue weighted by Gasteiger charge is -2.25. The summed E-state index contributed by atoms with van der Waals surface area (Å²) in [7, 11) is 0. The van der Waals surface area contributed by atoms with E-state index in [1.165, 1.54) is 43.0 Å². The van der Waals surface area contributed by atoms with E-state index in [1.54, 1.807) is 18.2 Å². The molecule has 0 spiro atoms. The number of nitrogens with one attached hydrogen (secondary N) is 1. The summed E-state index contributed by atoms with van der Waals surface area (Å²) in [6, 6.07) is 5.96. The van der Waals surface area contributed by atoms with Gasteiger partial charge in [-0.1, -0.05) is 49.8 Å². The number of nitrogens with zero attached hydrogens (tertiary/aromatic N) is 2. The van der Waals surface area contributed by atoms with Gasteiger partial charge in [0.05, 0.1) is 23.5 Å². The van der Waals surface area contributed by atoms with E-state index >= 15 is 0 Å². The summed E-state index contributed by atoms with van der Waals surface area (Å²) < 4.78 is 27.1. The second kappa shape index (κ2) is 10.00. The summed E-state index contributed by atoms with van der Waals surface area (Å²) in [5, 5.41) is 2.99. The molecule has 1 saturated carbocycles. The number of fused-ring (bicyclic) bond motifs is 2. The number of carbonyl (C=O) groups excluding carboxylic acids is 1. The van der Waals surface area contributed by atoms with Gasteiger partial charge in [0.2, 0.25) is 5.91 Å². The number of aryl methyl sites for hydroxylation is 1. The van der Waals surface area contributed by atoms with Gasteiger partial charge in [-0.15, -0.1) is 0 Å². The van der Waals surface area contributed by atoms with Gasteiger partial charge in [-0.25, -0.2) is 18.7 Å². The Morgan fingerprint density at radius 2 is 1.79 bits per heavy atom. The van der Waals surface area contributed by atoms with Gasteiger partial charge in [-0.3, -0.25) is 4.79 Å². The molecule has 176 valence electrons. The number of rotatable bonds is 5. The average Bonchev–Trinajstić information content (AvgIpc) is 3.03. The first-order valence-electron chi connectivity index (χ1n) is 12.3. The van der Waals surface area contributed by atoms with Gasteiger partial charge < -0.3 is 5.32 Å². The molecule has 1 fully saturated rings. The van der Waals surface area contributed by atoms with E-state index in [2.05, 4.69) is 5.32 Å². The number of carbonyl (C=O) groups is 1. The molecule has 1 amide bonds. The zero-order valence-corrected chi connectivity index (χ0v) is 19.2. The molecule has 5 rings (SSSR count). The van der Waals surface area contributed by atoms with Crippen molar-refractivity contribution in [1.82, 2.24) is 9.97 Å². The summed E-state index contributed by atoms with van der Waals surface area (Å²) in [6.07, 6.45) is 14.0. The Balaban J connectivity index is 1.45. The molecule has 0 bridgehead atoms. The summed E-state index contributed by atoms with van der Waals surface area (Å²) in [6.45, 7) is 0. The molecule has 34 heavy (non-hydrogen) atoms. The number of halogens is 2. The van der Waals surface area contributed by atoms with Crippen molar-refractivity contribution in [3.8, 4) is 0 Å². The van der Waals surface area contributed by atoms with Crippen LogP contribution in [0.25, 0.3) is 5.57 Å². The molecule has 3 aliphatic rings. The molecule has 2 aromatic rings. The second-order valence-electron chi connectivity index (χ2n) is 9.52. The van der Waals surface area contributed by atoms with Crippen LogP contribution in [0.3, 0.4) is 0 Å². The smallest absolute Gasteiger partial charge is 0.229 e. The van der Waals surface area contributed by atoms with Crippen LogP contribution in [0.1, 0.15) is 67.6 Å². The minimum Gasteiger partial charge on any atom is -0.309 e. The average molecular weight is 462 g/mol. The van der Waals surface area contributed by atoms with E-state index in [1.807, 2.05) is 6.08 Å². The first kappa shape index (κ1) is 22.6. The van der Waals surface area contributed by atoms with Gasteiger partial charge in [0, 0.05) is 5.57 Å². The van der Waals surface area contributed by atoms with Crippen LogP contribution in [0.15, 0.2) is 53.9 Å². The predicted molar refractivity (Wildman–Crippen MR) is 129 cm³/mol. The van der Waals surface area contributed by atoms with E-state index in [-0.39, 0.29) is 24.0 Å². The van der Waals surface area contributed by atoms with Gasteiger partial charge in [-0.2, -0.15) is 0 Å². The Labute approximate surface area is 198 Å². The SMILES string of the molecule is O=C(Cc1ccc(F)cc1)Nc1nc2c(nc1CC1CCCCC1)C1=C(CC=C(F)C=C1)CC2. The number of anilines is 1. The molecule has 0 aliphatic heterocycles. The minimum atomic E-state index is -0.323. The van der Waals surface area contributed by atoms with E-state index in [4.69, 9.17) is 9.97 Å². The quantitative estimate of drug-likeness (QED) is 0.558. The van der Waals surface area contributed by atoms with Gasteiger partial charge in [0.1, 0.15) is 11.6 Å². The maximum atomic E-state index is 13.9. The lowest BCUT2D eigenvalue weighted by molar-refractivity contribution is -0.115. The van der Waals surface area contributed by atoms with Crippen LogP contribution >= 0.6 is 0 Å². The Morgan fingerprint density at radius 1 is 1.00 bits per heavy atom. The lowest BCUT2D eigenvalue weighted by atomic mass is 9.85. The van der Waals surface area contributed by atoms with Crippen LogP contribution in [0.4, 0.5) is 14.6 Å². The minimum absolute atomic E-state index is 0.144. The molecule has 0 atom stereocenters. The van der Waals surface area contributed by atoms with Crippen molar-refractivity contribution < 1.29 is 13.6 Å². The van der Waals surface area contributed by atoms with Gasteiger partial charge in [-0.05, 0) is 67.5 Å². The van der Waals surface area contributed by atoms with Crippen molar-refractivity contribution in [1.29, 1.82) is 0 Å². The highest BCUT2D eigenvalue weighted by molar-refractivity contribution is 5.92. The number of hydrogen-bond donors (Lipinski definition) is 1. The molecule has 1 N–H and O–H groups in total. The summed E-state index contributed by atoms with van der Waals surface area (Å²) in [5.41, 5.74) is 5.36. The van der Waals surface area contributed by atoms with E-state index < -0.39 is 0 Å². The van der Waals surface area contributed by atoms with Crippen LogP contribution in [0.5, 0.6) is 0 Å². The molecular formula is C28H29F2N3O. The van der Waals surface area contributed by atoms with Gasteiger partial charge >= 0.3 is 0 Å². The molecular weight excluding hydrogens is 432 g/mol. The Kier molecular flexibility index (Phi) is 6.66. The van der Waals surface area contributed by atoms with Crippen LogP contribution in [-0.4, -0.2) is 15.9 Å². The zero-order chi connectivity index (χ0) is 23.5. The van der Waals surface area contributed by atoms with Crippen molar-refractivity contribution >= 4 is 17.3 Å². The van der Waals surface area contributed by atoms with Crippen molar-refractivity contribution in [3.05, 3.63) is 82.4 Å². The third-order valence-electron chi connectivity index (χ3n) is 7.04. The third-order valence-corrected chi connectivity index (χ3v) is 7.04. The van der Waals surface area contributed by atoms with E-state index in [9.17, 15) is 13.6 Å². The van der Waals surface area contributed by atoms with E-state index in [0.717, 1.165) is 60.3 Å². The standard InChI is InChI=1S/C28H29F2N3O/c29-21-10-6-19(7-11-21)17-26(34)33-28-25(16-18-4-2-1-3-5-18)31-27-23-14-13-22(30)12-8-20(23)9-15-24(27)32-28/h6-7,10-14,18H,1-5,8-9,15-17H2,(H,32,33,34). The fourth-order valence-electron chi connectivity index (χ4n) is 5.20. The van der Waals surface area contributed by atoms with Gasteiger partial charge in [0.25, 0.3) is 0 Å². The zero-order valence-electron chi connectivity index (χ0n) is 19.2. The monoisotopic (exact) mass is 461 g/mol. The van der Waals surface area contributed by atoms with Crippen molar-refractivity contribution in [3.63, 3.8) is 0 Å². The first-order valence-corrected chi connectivity index (χ1v) is 12.3. The molecule has 4 nitrogen and oxygen atoms in total. The summed E-state index contributed by atoms with van der Waals surface area (Å²) in [5.74, 6) is 0.311. The third kappa shape index (κ3) is 5.16. The molecule has 0 radical (unpaired) electrons. The maximum absolute atomic E-state index is 13.9. The largest absolute Gasteiger partial charge is 0.309 e. The van der Waals surface area contributed by atoms with Crippen LogP contribution in [-0.2, 0) is 24.1 Å². The topological polar surface area (TPSA) is 54.9 Å². The molecule has 0 saturated heterocycles. The van der Waals surface area contributed by atoms with Crippen LogP contribution in [0.2, 0.25) is 0 Å². The van der Waals surface area contributed by atoms with Crippen molar-refractivity contribution in [2.24, 2.45) is 5.92 Å². The Bertz CT molecular complexity index is 1170. The number of amides is 1. The highest BCUT2D eigenvalue weighted by atomic mass is 19.1. The van der Waals surface area contributed by atoms with Crippen molar-refractivity contribution in [2.45, 2.75) is 64.2 Å². The molecule has 1 aromatic heterocycles. The summed E-state index contributed by atoms with van der Waals surface area (Å²) >= 11 is 0. The highest BCUT2D eigenvalue weighted by Crippen LogP contribution is 2.36. The van der Waals surface area contributed by atoms with Crippen LogP contribution in [0, 0.1) is 11.7 Å². The second-order valence-corrected chi connectivity index (χ2v) is 9.52. The number of allylic oxidation sites excluding steroid dienone is 6. The van der Waals surface area contributed by atoms with E-state index in [0.29, 0.717) is 18.2 Å². The van der Waals surface area contributed by atoms with Crippen molar-refractivity contribution in [2.75, 3.05) is 5.32 Å². The predicted octanol–water partition coefficient (Wildman–Crippen LogP) is 6.43. The fourth-order valence-corrected chi connectivity index (χ4v) is 5.20. The summed E-state index contributed by atoms with van der Waals surface area (Å²) in [4.78, 5) is 22.8. The Morgan fingerprint density at radius 3 is 2.59 bits per heavy atom. The lowest BCUT2D eigenvalue weighted by Crippen LogP contribution is -2.21. The normalized spacial score (nSPS) is 18.1. The molecule has 6 heteroatoms. The number of hydrogen-bond acceptors (Lipinski definition) is 3. The first-order chi connectivity index (χ1) is 16.5. The number of aromatic nitrogens is 2. The number of benzene rings is 1. The maximum Gasteiger partial charge on any atom is 0.229 e. The fraction of sp³-hybridized carbons (Fsp3) is 0.393. The Hall–Kier alpha value is -3.15. The molecule has 1 aromatic carbocycles. The highest BCUT2D eigenvalue weighted by Gasteiger charge is 2.25. The van der Waals surface area contributed by atoms with Gasteiger partial charge in [0.15, 0.2) is 5.82 Å².